The van der Waals surface area contributed by atoms with Crippen LogP contribution in [0.5, 0.6) is 0 Å². The van der Waals surface area contributed by atoms with Crippen LogP contribution >= 0.6 is 11.3 Å². The quantitative estimate of drug-likeness (QED) is 0.643. The lowest BCUT2D eigenvalue weighted by atomic mass is 10.2. The Bertz CT molecular complexity index is 625. The molecule has 2 N–H and O–H groups in total. The van der Waals surface area contributed by atoms with Crippen LogP contribution in [-0.2, 0) is 13.0 Å². The van der Waals surface area contributed by atoms with Crippen LogP contribution in [0.2, 0.25) is 0 Å². The zero-order valence-electron chi connectivity index (χ0n) is 9.81. The maximum atomic E-state index is 10.5. The first-order chi connectivity index (χ1) is 9.13. The van der Waals surface area contributed by atoms with Gasteiger partial charge in [0.05, 0.1) is 17.2 Å². The molecule has 19 heavy (non-hydrogen) atoms. The van der Waals surface area contributed by atoms with Crippen LogP contribution in [-0.4, -0.2) is 26.4 Å². The Morgan fingerprint density at radius 2 is 2.16 bits per heavy atom. The van der Waals surface area contributed by atoms with Crippen molar-refractivity contribution in [2.24, 2.45) is 0 Å². The van der Waals surface area contributed by atoms with E-state index in [2.05, 4.69) is 15.0 Å². The molecule has 3 rings (SSSR count). The van der Waals surface area contributed by atoms with Gasteiger partial charge in [-0.3, -0.25) is 10.1 Å². The molecular weight excluding hydrogens is 268 g/mol. The highest BCUT2D eigenvalue weighted by molar-refractivity contribution is 7.15. The molecule has 0 saturated carbocycles. The van der Waals surface area contributed by atoms with Crippen LogP contribution in [0.3, 0.4) is 0 Å². The minimum absolute atomic E-state index is 0.108. The smallest absolute Gasteiger partial charge is 0.305 e. The number of nitrogens with two attached hydrogens (primary N) is 1. The van der Waals surface area contributed by atoms with E-state index >= 15 is 0 Å². The molecule has 0 aromatic carbocycles. The molecule has 0 radical (unpaired) electrons. The number of aromatic nitrogens is 3. The molecule has 0 bridgehead atoms. The maximum absolute atomic E-state index is 10.5. The number of fused-ring (bicyclic) bond motifs is 1. The molecule has 0 saturated heterocycles. The Kier molecular flexibility index (Phi) is 2.75. The molecule has 9 heteroatoms. The second-order valence-corrected chi connectivity index (χ2v) is 5.21. The van der Waals surface area contributed by atoms with Gasteiger partial charge in [-0.2, -0.15) is 0 Å². The molecule has 1 aliphatic rings. The molecule has 8 nitrogen and oxygen atoms in total. The molecule has 0 fully saturated rings. The zero-order valence-corrected chi connectivity index (χ0v) is 10.6. The largest absolute Gasteiger partial charge is 0.375 e. The van der Waals surface area contributed by atoms with E-state index < -0.39 is 4.92 Å². The fraction of sp³-hybridized carbons (Fsp3) is 0.300. The molecule has 0 spiro atoms. The Balaban J connectivity index is 1.82. The predicted molar refractivity (Wildman–Crippen MR) is 70.0 cm³/mol. The van der Waals surface area contributed by atoms with E-state index in [1.165, 1.54) is 23.7 Å². The normalized spacial score (nSPS) is 14.2. The minimum Gasteiger partial charge on any atom is -0.375 e. The Morgan fingerprint density at radius 1 is 1.42 bits per heavy atom. The number of hydrogen-bond acceptors (Lipinski definition) is 8. The van der Waals surface area contributed by atoms with Crippen LogP contribution in [0.25, 0.3) is 0 Å². The third-order valence-electron chi connectivity index (χ3n) is 2.87. The molecule has 2 aromatic rings. The van der Waals surface area contributed by atoms with E-state index in [9.17, 15) is 10.1 Å². The molecule has 0 amide bonds. The predicted octanol–water partition coefficient (Wildman–Crippen LogP) is 0.986. The fourth-order valence-corrected chi connectivity index (χ4v) is 2.85. The molecule has 0 aliphatic carbocycles. The topological polar surface area (TPSA) is 111 Å². The highest BCUT2D eigenvalue weighted by Gasteiger charge is 2.22. The van der Waals surface area contributed by atoms with Gasteiger partial charge in [0, 0.05) is 17.8 Å². The highest BCUT2D eigenvalue weighted by atomic mass is 32.1. The summed E-state index contributed by atoms with van der Waals surface area (Å²) in [5, 5.41) is 11.1. The third-order valence-corrected chi connectivity index (χ3v) is 3.78. The number of anilines is 2. The average molecular weight is 278 g/mol. The SMILES string of the molecule is Nc1nc2c(s1)CN(c1ncc([N+](=O)[O-])cn1)CC2. The van der Waals surface area contributed by atoms with Crippen LogP contribution in [0, 0.1) is 10.1 Å². The van der Waals surface area contributed by atoms with Gasteiger partial charge < -0.3 is 10.6 Å². The summed E-state index contributed by atoms with van der Waals surface area (Å²) in [5.41, 5.74) is 6.60. The number of nitrogen functional groups attached to an aromatic ring is 1. The average Bonchev–Trinajstić information content (AvgIpc) is 2.77. The minimum atomic E-state index is -0.512. The van der Waals surface area contributed by atoms with Gasteiger partial charge in [-0.05, 0) is 0 Å². The van der Waals surface area contributed by atoms with Crippen molar-refractivity contribution in [2.45, 2.75) is 13.0 Å². The van der Waals surface area contributed by atoms with Crippen molar-refractivity contribution in [3.8, 4) is 0 Å². The first kappa shape index (κ1) is 11.8. The Hall–Kier alpha value is -2.29. The number of nitro groups is 1. The van der Waals surface area contributed by atoms with Gasteiger partial charge in [-0.15, -0.1) is 11.3 Å². The van der Waals surface area contributed by atoms with Crippen LogP contribution in [0.4, 0.5) is 16.8 Å². The third kappa shape index (κ3) is 2.19. The van der Waals surface area contributed by atoms with Gasteiger partial charge >= 0.3 is 5.69 Å². The van der Waals surface area contributed by atoms with Crippen molar-refractivity contribution < 1.29 is 4.92 Å². The van der Waals surface area contributed by atoms with E-state index in [1.54, 1.807) is 0 Å². The van der Waals surface area contributed by atoms with E-state index in [-0.39, 0.29) is 5.69 Å². The monoisotopic (exact) mass is 278 g/mol. The zero-order chi connectivity index (χ0) is 13.4. The van der Waals surface area contributed by atoms with Gasteiger partial charge in [-0.25, -0.2) is 15.0 Å². The fourth-order valence-electron chi connectivity index (χ4n) is 1.96. The second kappa shape index (κ2) is 4.43. The lowest BCUT2D eigenvalue weighted by Gasteiger charge is -2.25. The van der Waals surface area contributed by atoms with Crippen molar-refractivity contribution in [3.63, 3.8) is 0 Å². The molecule has 2 aromatic heterocycles. The molecule has 3 heterocycles. The first-order valence-corrected chi connectivity index (χ1v) is 6.40. The Morgan fingerprint density at radius 3 is 2.84 bits per heavy atom. The molecule has 1 aliphatic heterocycles. The van der Waals surface area contributed by atoms with E-state index in [1.807, 2.05) is 4.90 Å². The lowest BCUT2D eigenvalue weighted by molar-refractivity contribution is -0.385. The molecular formula is C10H10N6O2S. The number of nitrogens with zero attached hydrogens (tertiary/aromatic N) is 5. The van der Waals surface area contributed by atoms with Crippen LogP contribution in [0.1, 0.15) is 10.6 Å². The van der Waals surface area contributed by atoms with Crippen LogP contribution < -0.4 is 10.6 Å². The van der Waals surface area contributed by atoms with Crippen molar-refractivity contribution in [1.82, 2.24) is 15.0 Å². The van der Waals surface area contributed by atoms with E-state index in [0.717, 1.165) is 23.5 Å². The van der Waals surface area contributed by atoms with Gasteiger partial charge in [0.25, 0.3) is 0 Å². The highest BCUT2D eigenvalue weighted by Crippen LogP contribution is 2.28. The molecule has 98 valence electrons. The van der Waals surface area contributed by atoms with Gasteiger partial charge in [-0.1, -0.05) is 0 Å². The van der Waals surface area contributed by atoms with Gasteiger partial charge in [0.1, 0.15) is 12.4 Å². The standard InChI is InChI=1S/C10H10N6O2S/c11-9-14-7-1-2-15(5-8(7)19-9)10-12-3-6(4-13-10)16(17)18/h3-4H,1-2,5H2,(H2,11,14). The van der Waals surface area contributed by atoms with Crippen molar-refractivity contribution in [2.75, 3.05) is 17.2 Å². The summed E-state index contributed by atoms with van der Waals surface area (Å²) in [7, 11) is 0. The number of rotatable bonds is 2. The lowest BCUT2D eigenvalue weighted by Crippen LogP contribution is -2.31. The first-order valence-electron chi connectivity index (χ1n) is 5.59. The van der Waals surface area contributed by atoms with Crippen molar-refractivity contribution >= 4 is 28.1 Å². The van der Waals surface area contributed by atoms with Crippen molar-refractivity contribution in [1.29, 1.82) is 0 Å². The second-order valence-electron chi connectivity index (χ2n) is 4.09. The van der Waals surface area contributed by atoms with E-state index in [0.29, 0.717) is 17.6 Å². The summed E-state index contributed by atoms with van der Waals surface area (Å²) in [6.07, 6.45) is 3.22. The number of thiazole rings is 1. The maximum Gasteiger partial charge on any atom is 0.305 e. The number of hydrogen-bond donors (Lipinski definition) is 1. The molecule has 0 atom stereocenters. The Labute approximate surface area is 112 Å². The summed E-state index contributed by atoms with van der Waals surface area (Å²) in [6.45, 7) is 1.37. The molecule has 0 unspecified atom stereocenters. The van der Waals surface area contributed by atoms with Crippen molar-refractivity contribution in [3.05, 3.63) is 33.1 Å². The summed E-state index contributed by atoms with van der Waals surface area (Å²) >= 11 is 1.46. The summed E-state index contributed by atoms with van der Waals surface area (Å²) in [6, 6.07) is 0. The van der Waals surface area contributed by atoms with Gasteiger partial charge in [0.2, 0.25) is 5.95 Å². The summed E-state index contributed by atoms with van der Waals surface area (Å²) in [4.78, 5) is 25.4. The van der Waals surface area contributed by atoms with E-state index in [4.69, 9.17) is 5.73 Å². The summed E-state index contributed by atoms with van der Waals surface area (Å²) in [5.74, 6) is 0.489. The van der Waals surface area contributed by atoms with Gasteiger partial charge in [0.15, 0.2) is 5.13 Å². The summed E-state index contributed by atoms with van der Waals surface area (Å²) < 4.78 is 0. The van der Waals surface area contributed by atoms with Crippen LogP contribution in [0.15, 0.2) is 12.4 Å².